The van der Waals surface area contributed by atoms with Crippen molar-refractivity contribution in [2.45, 2.75) is 11.8 Å². The number of fused-ring (bicyclic) bond motifs is 1. The van der Waals surface area contributed by atoms with Crippen molar-refractivity contribution in [3.8, 4) is 5.75 Å². The van der Waals surface area contributed by atoms with Crippen LogP contribution in [0, 0.1) is 12.7 Å². The molecule has 0 saturated heterocycles. The van der Waals surface area contributed by atoms with E-state index in [-0.39, 0.29) is 20.5 Å². The van der Waals surface area contributed by atoms with Crippen molar-refractivity contribution in [2.24, 2.45) is 0 Å². The minimum absolute atomic E-state index is 0.0145. The highest BCUT2D eigenvalue weighted by Gasteiger charge is 2.21. The van der Waals surface area contributed by atoms with Gasteiger partial charge in [0.05, 0.1) is 17.0 Å². The third-order valence-corrected chi connectivity index (χ3v) is 8.05. The second kappa shape index (κ2) is 9.01. The molecule has 0 saturated carbocycles. The van der Waals surface area contributed by atoms with Crippen LogP contribution in [0.5, 0.6) is 5.75 Å². The lowest BCUT2D eigenvalue weighted by molar-refractivity contribution is 0.103. The van der Waals surface area contributed by atoms with Crippen molar-refractivity contribution >= 4 is 60.3 Å². The first-order valence-electron chi connectivity index (χ1n) is 9.64. The van der Waals surface area contributed by atoms with Gasteiger partial charge in [-0.25, -0.2) is 12.8 Å². The molecular formula is C23H18ClFN2O4S2. The van der Waals surface area contributed by atoms with E-state index in [9.17, 15) is 17.6 Å². The Kier molecular flexibility index (Phi) is 6.29. The Morgan fingerprint density at radius 3 is 2.42 bits per heavy atom. The molecular weight excluding hydrogens is 487 g/mol. The van der Waals surface area contributed by atoms with Crippen LogP contribution in [0.3, 0.4) is 0 Å². The maximum Gasteiger partial charge on any atom is 0.267 e. The zero-order valence-electron chi connectivity index (χ0n) is 17.5. The van der Waals surface area contributed by atoms with Crippen LogP contribution < -0.4 is 14.8 Å². The fraction of sp³-hybridized carbons (Fsp3) is 0.0870. The van der Waals surface area contributed by atoms with Crippen LogP contribution in [0.2, 0.25) is 5.02 Å². The number of halogens is 2. The number of sulfonamides is 1. The fourth-order valence-electron chi connectivity index (χ4n) is 3.21. The second-order valence-corrected chi connectivity index (χ2v) is 10.2. The first kappa shape index (κ1) is 23.0. The maximum atomic E-state index is 13.5. The van der Waals surface area contributed by atoms with Gasteiger partial charge in [0.25, 0.3) is 15.9 Å². The monoisotopic (exact) mass is 504 g/mol. The summed E-state index contributed by atoms with van der Waals surface area (Å²) in [7, 11) is -2.41. The molecule has 1 aromatic heterocycles. The zero-order valence-corrected chi connectivity index (χ0v) is 19.9. The Morgan fingerprint density at radius 1 is 1.03 bits per heavy atom. The summed E-state index contributed by atoms with van der Waals surface area (Å²) in [5.74, 6) is -0.344. The molecule has 0 aliphatic carbocycles. The Balaban J connectivity index is 1.60. The van der Waals surface area contributed by atoms with Gasteiger partial charge in [0.1, 0.15) is 16.4 Å². The van der Waals surface area contributed by atoms with Crippen molar-refractivity contribution in [1.29, 1.82) is 0 Å². The Morgan fingerprint density at radius 2 is 1.73 bits per heavy atom. The number of hydrogen-bond acceptors (Lipinski definition) is 5. The number of methoxy groups -OCH3 is 1. The Hall–Kier alpha value is -3.14. The first-order chi connectivity index (χ1) is 15.7. The zero-order chi connectivity index (χ0) is 23.8. The van der Waals surface area contributed by atoms with Gasteiger partial charge < -0.3 is 10.1 Å². The number of ether oxygens (including phenoxy) is 1. The molecule has 1 heterocycles. The van der Waals surface area contributed by atoms with E-state index < -0.39 is 21.7 Å². The van der Waals surface area contributed by atoms with Gasteiger partial charge in [0.2, 0.25) is 0 Å². The molecule has 2 N–H and O–H groups in total. The van der Waals surface area contributed by atoms with Crippen molar-refractivity contribution in [1.82, 2.24) is 0 Å². The summed E-state index contributed by atoms with van der Waals surface area (Å²) in [5.41, 5.74) is 1.15. The number of nitrogens with one attached hydrogen (secondary N) is 2. The van der Waals surface area contributed by atoms with E-state index in [1.54, 1.807) is 43.3 Å². The molecule has 170 valence electrons. The molecule has 0 aliphatic heterocycles. The van der Waals surface area contributed by atoms with Gasteiger partial charge in [-0.3, -0.25) is 9.52 Å². The van der Waals surface area contributed by atoms with Crippen molar-refractivity contribution in [3.05, 3.63) is 81.9 Å². The number of rotatable bonds is 6. The molecule has 10 heteroatoms. The molecule has 0 radical (unpaired) electrons. The highest BCUT2D eigenvalue weighted by atomic mass is 35.5. The van der Waals surface area contributed by atoms with Crippen molar-refractivity contribution < 1.29 is 22.3 Å². The molecule has 0 atom stereocenters. The van der Waals surface area contributed by atoms with E-state index in [4.69, 9.17) is 16.3 Å². The molecule has 0 aliphatic rings. The summed E-state index contributed by atoms with van der Waals surface area (Å²) in [6, 6.07) is 15.1. The second-order valence-electron chi connectivity index (χ2n) is 7.15. The van der Waals surface area contributed by atoms with E-state index in [0.717, 1.165) is 11.3 Å². The lowest BCUT2D eigenvalue weighted by Crippen LogP contribution is -2.16. The third kappa shape index (κ3) is 4.80. The summed E-state index contributed by atoms with van der Waals surface area (Å²) >= 11 is 7.38. The molecule has 4 rings (SSSR count). The minimum Gasteiger partial charge on any atom is -0.497 e. The number of amides is 1. The van der Waals surface area contributed by atoms with Crippen LogP contribution in [0.25, 0.3) is 10.1 Å². The SMILES string of the molecule is COc1ccc(NS(=O)(=O)c2cc(NC(=O)c3sc4cc(F)ccc4c3Cl)ccc2C)cc1. The number of anilines is 2. The minimum atomic E-state index is -3.93. The molecule has 3 aromatic carbocycles. The van der Waals surface area contributed by atoms with Gasteiger partial charge in [0, 0.05) is 21.5 Å². The van der Waals surface area contributed by atoms with Crippen LogP contribution in [-0.2, 0) is 10.0 Å². The standard InChI is InChI=1S/C23H18ClFN2O4S2/c1-13-3-5-16(12-20(13)33(29,30)27-15-6-8-17(31-2)9-7-15)26-23(28)22-21(24)18-10-4-14(25)11-19(18)32-22/h3-12,27H,1-2H3,(H,26,28). The van der Waals surface area contributed by atoms with E-state index >= 15 is 0 Å². The summed E-state index contributed by atoms with van der Waals surface area (Å²) in [5, 5.41) is 3.47. The first-order valence-corrected chi connectivity index (χ1v) is 12.3. The molecule has 33 heavy (non-hydrogen) atoms. The maximum absolute atomic E-state index is 13.5. The lowest BCUT2D eigenvalue weighted by atomic mass is 10.2. The molecule has 0 fully saturated rings. The molecule has 0 unspecified atom stereocenters. The van der Waals surface area contributed by atoms with Gasteiger partial charge in [-0.15, -0.1) is 11.3 Å². The van der Waals surface area contributed by atoms with Gasteiger partial charge in [-0.2, -0.15) is 0 Å². The lowest BCUT2D eigenvalue weighted by Gasteiger charge is -2.13. The summed E-state index contributed by atoms with van der Waals surface area (Å²) in [4.78, 5) is 13.1. The molecule has 0 bridgehead atoms. The number of thiophene rings is 1. The fourth-order valence-corrected chi connectivity index (χ4v) is 5.98. The Labute approximate surface area is 199 Å². The highest BCUT2D eigenvalue weighted by molar-refractivity contribution is 7.92. The summed E-state index contributed by atoms with van der Waals surface area (Å²) in [6.07, 6.45) is 0. The van der Waals surface area contributed by atoms with Crippen LogP contribution in [0.1, 0.15) is 15.2 Å². The molecule has 0 spiro atoms. The van der Waals surface area contributed by atoms with Crippen molar-refractivity contribution in [3.63, 3.8) is 0 Å². The number of benzene rings is 3. The number of aryl methyl sites for hydroxylation is 1. The normalized spacial score (nSPS) is 11.4. The average molecular weight is 505 g/mol. The largest absolute Gasteiger partial charge is 0.497 e. The van der Waals surface area contributed by atoms with E-state index in [2.05, 4.69) is 10.0 Å². The molecule has 4 aromatic rings. The van der Waals surface area contributed by atoms with E-state index in [0.29, 0.717) is 27.1 Å². The third-order valence-electron chi connectivity index (χ3n) is 4.88. The number of carbonyl (C=O) groups is 1. The van der Waals surface area contributed by atoms with Crippen LogP contribution in [0.15, 0.2) is 65.6 Å². The van der Waals surface area contributed by atoms with E-state index in [1.807, 2.05) is 0 Å². The van der Waals surface area contributed by atoms with Gasteiger partial charge >= 0.3 is 0 Å². The predicted molar refractivity (Wildman–Crippen MR) is 130 cm³/mol. The summed E-state index contributed by atoms with van der Waals surface area (Å²) < 4.78 is 47.6. The quantitative estimate of drug-likeness (QED) is 0.334. The summed E-state index contributed by atoms with van der Waals surface area (Å²) in [6.45, 7) is 1.66. The van der Waals surface area contributed by atoms with Crippen LogP contribution >= 0.6 is 22.9 Å². The van der Waals surface area contributed by atoms with Crippen LogP contribution in [-0.4, -0.2) is 21.4 Å². The predicted octanol–water partition coefficient (Wildman–Crippen LogP) is 6.06. The average Bonchev–Trinajstić information content (AvgIpc) is 3.11. The Bertz CT molecular complexity index is 1470. The van der Waals surface area contributed by atoms with Crippen LogP contribution in [0.4, 0.5) is 15.8 Å². The smallest absolute Gasteiger partial charge is 0.267 e. The van der Waals surface area contributed by atoms with E-state index in [1.165, 1.54) is 31.4 Å². The topological polar surface area (TPSA) is 84.5 Å². The molecule has 1 amide bonds. The highest BCUT2D eigenvalue weighted by Crippen LogP contribution is 2.36. The number of carbonyl (C=O) groups excluding carboxylic acids is 1. The van der Waals surface area contributed by atoms with Gasteiger partial charge in [-0.05, 0) is 67.1 Å². The van der Waals surface area contributed by atoms with Gasteiger partial charge in [0.15, 0.2) is 0 Å². The van der Waals surface area contributed by atoms with Gasteiger partial charge in [-0.1, -0.05) is 17.7 Å². The number of hydrogen-bond donors (Lipinski definition) is 2. The van der Waals surface area contributed by atoms with Crippen molar-refractivity contribution in [2.75, 3.05) is 17.1 Å². The molecule has 6 nitrogen and oxygen atoms in total.